The Morgan fingerprint density at radius 1 is 0.912 bits per heavy atom. The largest absolute Gasteiger partial charge is 0.489 e. The fourth-order valence-corrected chi connectivity index (χ4v) is 5.98. The van der Waals surface area contributed by atoms with Crippen LogP contribution in [0.2, 0.25) is 0 Å². The zero-order valence-electron chi connectivity index (χ0n) is 18.5. The third-order valence-electron chi connectivity index (χ3n) is 6.12. The zero-order valence-corrected chi connectivity index (χ0v) is 19.3. The monoisotopic (exact) mass is 472 g/mol. The maximum Gasteiger partial charge on any atom is 0.254 e. The Hall–Kier alpha value is -3.71. The molecule has 6 nitrogen and oxygen atoms in total. The van der Waals surface area contributed by atoms with Gasteiger partial charge in [0.1, 0.15) is 18.2 Å². The van der Waals surface area contributed by atoms with Crippen LogP contribution in [0.25, 0.3) is 11.4 Å². The predicted molar refractivity (Wildman–Crippen MR) is 131 cm³/mol. The molecule has 0 radical (unpaired) electrons. The van der Waals surface area contributed by atoms with E-state index in [9.17, 15) is 13.2 Å². The summed E-state index contributed by atoms with van der Waals surface area (Å²) in [6.07, 6.45) is 1.05. The predicted octanol–water partition coefficient (Wildman–Crippen LogP) is 4.35. The highest BCUT2D eigenvalue weighted by atomic mass is 32.2. The second-order valence-electron chi connectivity index (χ2n) is 8.36. The molecule has 172 valence electrons. The van der Waals surface area contributed by atoms with Gasteiger partial charge < -0.3 is 9.72 Å². The van der Waals surface area contributed by atoms with Gasteiger partial charge >= 0.3 is 0 Å². The summed E-state index contributed by atoms with van der Waals surface area (Å²) < 4.78 is 31.9. The van der Waals surface area contributed by atoms with Crippen LogP contribution < -0.4 is 10.3 Å². The van der Waals surface area contributed by atoms with E-state index in [1.807, 2.05) is 54.6 Å². The SMILES string of the molecule is O=c1[nH]c(-c2ccc(OCc3ccccc3)cc2)nc2c1CC(S(=O)(=O)c1ccccc1)CC2. The van der Waals surface area contributed by atoms with Crippen molar-refractivity contribution < 1.29 is 13.2 Å². The molecule has 0 bridgehead atoms. The normalized spacial score (nSPS) is 15.5. The van der Waals surface area contributed by atoms with Crippen molar-refractivity contribution in [1.29, 1.82) is 0 Å². The Morgan fingerprint density at radius 3 is 2.29 bits per heavy atom. The minimum Gasteiger partial charge on any atom is -0.489 e. The molecule has 0 saturated heterocycles. The average molecular weight is 473 g/mol. The number of aromatic nitrogens is 2. The number of aromatic amines is 1. The Morgan fingerprint density at radius 2 is 1.59 bits per heavy atom. The highest BCUT2D eigenvalue weighted by Gasteiger charge is 2.33. The number of hydrogen-bond acceptors (Lipinski definition) is 5. The number of fused-ring (bicyclic) bond motifs is 1. The number of aryl methyl sites for hydroxylation is 1. The number of nitrogens with zero attached hydrogens (tertiary/aromatic N) is 1. The van der Waals surface area contributed by atoms with E-state index in [0.717, 1.165) is 16.9 Å². The van der Waals surface area contributed by atoms with Gasteiger partial charge in [0.15, 0.2) is 9.84 Å². The van der Waals surface area contributed by atoms with Crippen LogP contribution in [0.4, 0.5) is 0 Å². The second kappa shape index (κ2) is 9.27. The van der Waals surface area contributed by atoms with Crippen molar-refractivity contribution >= 4 is 9.84 Å². The van der Waals surface area contributed by atoms with Crippen LogP contribution in [0.3, 0.4) is 0 Å². The van der Waals surface area contributed by atoms with Gasteiger partial charge in [0, 0.05) is 11.1 Å². The third-order valence-corrected chi connectivity index (χ3v) is 8.33. The van der Waals surface area contributed by atoms with E-state index in [4.69, 9.17) is 4.74 Å². The minimum absolute atomic E-state index is 0.168. The molecule has 0 amide bonds. The summed E-state index contributed by atoms with van der Waals surface area (Å²) in [6.45, 7) is 0.473. The van der Waals surface area contributed by atoms with E-state index in [1.165, 1.54) is 0 Å². The van der Waals surface area contributed by atoms with Crippen molar-refractivity contribution in [2.75, 3.05) is 0 Å². The summed E-state index contributed by atoms with van der Waals surface area (Å²) in [7, 11) is -3.51. The zero-order chi connectivity index (χ0) is 23.5. The lowest BCUT2D eigenvalue weighted by Gasteiger charge is -2.23. The number of hydrogen-bond donors (Lipinski definition) is 1. The highest BCUT2D eigenvalue weighted by molar-refractivity contribution is 7.92. The first-order valence-electron chi connectivity index (χ1n) is 11.2. The van der Waals surface area contributed by atoms with Gasteiger partial charge in [0.2, 0.25) is 0 Å². The lowest BCUT2D eigenvalue weighted by molar-refractivity contribution is 0.306. The topological polar surface area (TPSA) is 89.1 Å². The molecule has 1 aliphatic carbocycles. The molecule has 7 heteroatoms. The maximum absolute atomic E-state index is 13.0. The van der Waals surface area contributed by atoms with Crippen LogP contribution in [0, 0.1) is 0 Å². The molecule has 0 spiro atoms. The van der Waals surface area contributed by atoms with E-state index >= 15 is 0 Å². The standard InChI is InChI=1S/C27H24N2O4S/c30-27-24-17-23(34(31,32)22-9-5-2-6-10-22)15-16-25(24)28-26(29-27)20-11-13-21(14-12-20)33-18-19-7-3-1-4-8-19/h1-14,23H,15-18H2,(H,28,29,30). The number of benzene rings is 3. The van der Waals surface area contributed by atoms with Crippen molar-refractivity contribution in [1.82, 2.24) is 9.97 Å². The molecule has 1 heterocycles. The molecule has 4 aromatic rings. The van der Waals surface area contributed by atoms with Crippen LogP contribution in [0.1, 0.15) is 23.2 Å². The Labute approximate surface area is 198 Å². The lowest BCUT2D eigenvalue weighted by Crippen LogP contribution is -2.33. The van der Waals surface area contributed by atoms with Gasteiger partial charge in [0.25, 0.3) is 5.56 Å². The molecular formula is C27H24N2O4S. The molecule has 1 N–H and O–H groups in total. The van der Waals surface area contributed by atoms with Crippen LogP contribution >= 0.6 is 0 Å². The van der Waals surface area contributed by atoms with E-state index in [2.05, 4.69) is 9.97 Å². The summed E-state index contributed by atoms with van der Waals surface area (Å²) >= 11 is 0. The maximum atomic E-state index is 13.0. The van der Waals surface area contributed by atoms with Gasteiger partial charge in [-0.3, -0.25) is 4.79 Å². The fourth-order valence-electron chi connectivity index (χ4n) is 4.24. The molecule has 1 aromatic heterocycles. The first-order chi connectivity index (χ1) is 16.5. The van der Waals surface area contributed by atoms with Gasteiger partial charge in [-0.1, -0.05) is 48.5 Å². The summed E-state index contributed by atoms with van der Waals surface area (Å²) in [6, 6.07) is 25.7. The fraction of sp³-hybridized carbons (Fsp3) is 0.185. The molecule has 0 saturated carbocycles. The average Bonchev–Trinajstić information content (AvgIpc) is 2.88. The molecular weight excluding hydrogens is 448 g/mol. The minimum atomic E-state index is -3.51. The van der Waals surface area contributed by atoms with Crippen LogP contribution in [0.15, 0.2) is 94.6 Å². The first-order valence-corrected chi connectivity index (χ1v) is 12.7. The van der Waals surface area contributed by atoms with Crippen molar-refractivity contribution in [3.63, 3.8) is 0 Å². The summed E-state index contributed by atoms with van der Waals surface area (Å²) in [5.41, 5.74) is 2.70. The molecule has 1 atom stereocenters. The second-order valence-corrected chi connectivity index (χ2v) is 10.6. The van der Waals surface area contributed by atoms with Gasteiger partial charge in [-0.05, 0) is 61.2 Å². The third kappa shape index (κ3) is 4.52. The summed E-state index contributed by atoms with van der Waals surface area (Å²) in [4.78, 5) is 20.7. The molecule has 0 aliphatic heterocycles. The van der Waals surface area contributed by atoms with Crippen LogP contribution in [0.5, 0.6) is 5.75 Å². The smallest absolute Gasteiger partial charge is 0.254 e. The molecule has 5 rings (SSSR count). The number of rotatable bonds is 6. The van der Waals surface area contributed by atoms with Crippen molar-refractivity contribution in [3.05, 3.63) is 112 Å². The van der Waals surface area contributed by atoms with Crippen molar-refractivity contribution in [3.8, 4) is 17.1 Å². The van der Waals surface area contributed by atoms with Gasteiger partial charge in [-0.2, -0.15) is 0 Å². The molecule has 1 unspecified atom stereocenters. The number of ether oxygens (including phenoxy) is 1. The van der Waals surface area contributed by atoms with Crippen molar-refractivity contribution in [2.24, 2.45) is 0 Å². The van der Waals surface area contributed by atoms with Crippen molar-refractivity contribution in [2.45, 2.75) is 36.0 Å². The van der Waals surface area contributed by atoms with E-state index in [1.54, 1.807) is 30.3 Å². The van der Waals surface area contributed by atoms with Crippen LogP contribution in [-0.2, 0) is 29.3 Å². The number of nitrogens with one attached hydrogen (secondary N) is 1. The molecule has 1 aliphatic rings. The quantitative estimate of drug-likeness (QED) is 0.451. The Bertz CT molecular complexity index is 1450. The van der Waals surface area contributed by atoms with Crippen LogP contribution in [-0.4, -0.2) is 23.6 Å². The molecule has 34 heavy (non-hydrogen) atoms. The molecule has 3 aromatic carbocycles. The van der Waals surface area contributed by atoms with E-state index in [0.29, 0.717) is 41.4 Å². The summed E-state index contributed by atoms with van der Waals surface area (Å²) in [5.74, 6) is 1.20. The highest BCUT2D eigenvalue weighted by Crippen LogP contribution is 2.28. The van der Waals surface area contributed by atoms with Gasteiger partial charge in [-0.15, -0.1) is 0 Å². The van der Waals surface area contributed by atoms with Gasteiger partial charge in [0.05, 0.1) is 15.8 Å². The Kier molecular flexibility index (Phi) is 6.02. The Balaban J connectivity index is 1.33. The summed E-state index contributed by atoms with van der Waals surface area (Å²) in [5, 5.41) is -0.628. The van der Waals surface area contributed by atoms with E-state index < -0.39 is 15.1 Å². The molecule has 0 fully saturated rings. The van der Waals surface area contributed by atoms with E-state index in [-0.39, 0.29) is 12.0 Å². The van der Waals surface area contributed by atoms with Gasteiger partial charge in [-0.25, -0.2) is 13.4 Å². The number of sulfone groups is 1. The lowest BCUT2D eigenvalue weighted by atomic mass is 9.96. The first kappa shape index (κ1) is 22.1. The number of H-pyrrole nitrogens is 1.